The minimum atomic E-state index is -3.81. The highest BCUT2D eigenvalue weighted by molar-refractivity contribution is 7.92. The summed E-state index contributed by atoms with van der Waals surface area (Å²) in [7, 11) is -6.93. The van der Waals surface area contributed by atoms with Gasteiger partial charge in [0.1, 0.15) is 24.1 Å². The van der Waals surface area contributed by atoms with Crippen molar-refractivity contribution < 1.29 is 26.3 Å². The molecule has 1 aliphatic heterocycles. The Kier molecular flexibility index (Phi) is 5.80. The Bertz CT molecular complexity index is 1040. The van der Waals surface area contributed by atoms with Crippen LogP contribution in [0.3, 0.4) is 0 Å². The first-order valence-electron chi connectivity index (χ1n) is 8.80. The van der Waals surface area contributed by atoms with E-state index in [0.29, 0.717) is 11.4 Å². The Balaban J connectivity index is 1.78. The zero-order valence-corrected chi connectivity index (χ0v) is 17.2. The summed E-state index contributed by atoms with van der Waals surface area (Å²) >= 11 is 0. The number of benzene rings is 1. The van der Waals surface area contributed by atoms with E-state index in [1.165, 1.54) is 28.6 Å². The van der Waals surface area contributed by atoms with Gasteiger partial charge in [-0.2, -0.15) is 0 Å². The van der Waals surface area contributed by atoms with Gasteiger partial charge in [-0.05, 0) is 43.3 Å². The summed E-state index contributed by atoms with van der Waals surface area (Å²) in [6, 6.07) is 9.21. The third-order valence-corrected chi connectivity index (χ3v) is 7.73. The van der Waals surface area contributed by atoms with Gasteiger partial charge >= 0.3 is 0 Å². The average molecular weight is 427 g/mol. The van der Waals surface area contributed by atoms with Gasteiger partial charge < -0.3 is 9.47 Å². The summed E-state index contributed by atoms with van der Waals surface area (Å²) < 4.78 is 61.5. The highest BCUT2D eigenvalue weighted by Gasteiger charge is 2.33. The lowest BCUT2D eigenvalue weighted by Gasteiger charge is -2.33. The topological polar surface area (TPSA) is 103 Å². The van der Waals surface area contributed by atoms with Gasteiger partial charge in [0.25, 0.3) is 10.0 Å². The number of sulfone groups is 1. The molecule has 0 spiro atoms. The quantitative estimate of drug-likeness (QED) is 0.666. The largest absolute Gasteiger partial charge is 0.493 e. The van der Waals surface area contributed by atoms with E-state index in [1.54, 1.807) is 32.2 Å². The molecule has 0 unspecified atom stereocenters. The Labute approximate surface area is 165 Å². The summed E-state index contributed by atoms with van der Waals surface area (Å²) in [5, 5.41) is 0. The van der Waals surface area contributed by atoms with Crippen LogP contribution >= 0.6 is 0 Å². The third-order valence-electron chi connectivity index (χ3n) is 4.27. The van der Waals surface area contributed by atoms with Crippen molar-refractivity contribution in [1.82, 2.24) is 4.98 Å². The fourth-order valence-electron chi connectivity index (χ4n) is 2.72. The second kappa shape index (κ2) is 7.96. The van der Waals surface area contributed by atoms with Crippen LogP contribution in [0.25, 0.3) is 0 Å². The lowest BCUT2D eigenvalue weighted by molar-refractivity contribution is 0.210. The van der Waals surface area contributed by atoms with Crippen LogP contribution in [0.1, 0.15) is 13.8 Å². The van der Waals surface area contributed by atoms with Gasteiger partial charge in [0, 0.05) is 11.9 Å². The minimum absolute atomic E-state index is 0.0162. The van der Waals surface area contributed by atoms with Crippen molar-refractivity contribution in [3.8, 4) is 11.6 Å². The molecule has 0 amide bonds. The van der Waals surface area contributed by atoms with Crippen molar-refractivity contribution in [3.63, 3.8) is 0 Å². The molecular weight excluding hydrogens is 404 g/mol. The fraction of sp³-hybridized carbons (Fsp3) is 0.389. The normalized spacial score (nSPS) is 16.9. The number of hydrogen-bond acceptors (Lipinski definition) is 7. The highest BCUT2D eigenvalue weighted by atomic mass is 32.2. The first kappa shape index (κ1) is 20.4. The molecule has 0 N–H and O–H groups in total. The van der Waals surface area contributed by atoms with E-state index in [4.69, 9.17) is 9.47 Å². The smallest absolute Gasteiger partial charge is 0.264 e. The molecule has 2 aromatic rings. The summed E-state index contributed by atoms with van der Waals surface area (Å²) in [4.78, 5) is 4.21. The molecule has 8 nitrogen and oxygen atoms in total. The van der Waals surface area contributed by atoms with Crippen LogP contribution in [-0.4, -0.2) is 52.6 Å². The molecule has 1 aromatic carbocycles. The average Bonchev–Trinajstić information content (AvgIpc) is 2.67. The number of anilines is 1. The summed E-state index contributed by atoms with van der Waals surface area (Å²) in [5.41, 5.74) is 0.394. The Hall–Kier alpha value is -2.33. The van der Waals surface area contributed by atoms with Crippen LogP contribution in [0.4, 0.5) is 5.69 Å². The maximum Gasteiger partial charge on any atom is 0.264 e. The predicted molar refractivity (Wildman–Crippen MR) is 105 cm³/mol. The van der Waals surface area contributed by atoms with E-state index in [9.17, 15) is 16.8 Å². The van der Waals surface area contributed by atoms with Crippen molar-refractivity contribution in [2.24, 2.45) is 0 Å². The van der Waals surface area contributed by atoms with Gasteiger partial charge in [-0.3, -0.25) is 4.31 Å². The monoisotopic (exact) mass is 426 g/mol. The molecule has 0 aliphatic carbocycles. The van der Waals surface area contributed by atoms with Crippen LogP contribution in [0.2, 0.25) is 0 Å². The summed E-state index contributed by atoms with van der Waals surface area (Å²) in [5.74, 6) is 0.658. The van der Waals surface area contributed by atoms with Crippen LogP contribution in [0, 0.1) is 0 Å². The Morgan fingerprint density at radius 3 is 2.57 bits per heavy atom. The highest BCUT2D eigenvalue weighted by Crippen LogP contribution is 2.35. The lowest BCUT2D eigenvalue weighted by Crippen LogP contribution is -2.42. The van der Waals surface area contributed by atoms with Crippen molar-refractivity contribution in [2.75, 3.05) is 29.0 Å². The van der Waals surface area contributed by atoms with Crippen LogP contribution in [0.15, 0.2) is 47.5 Å². The molecule has 1 aromatic heterocycles. The number of hydrogen-bond donors (Lipinski definition) is 0. The molecule has 0 bridgehead atoms. The van der Waals surface area contributed by atoms with Gasteiger partial charge in [0.05, 0.1) is 17.2 Å². The first-order valence-corrected chi connectivity index (χ1v) is 12.1. The first-order chi connectivity index (χ1) is 13.2. The van der Waals surface area contributed by atoms with E-state index in [-0.39, 0.29) is 41.5 Å². The van der Waals surface area contributed by atoms with E-state index < -0.39 is 19.9 Å². The molecule has 1 aliphatic rings. The van der Waals surface area contributed by atoms with Gasteiger partial charge in [-0.1, -0.05) is 6.92 Å². The van der Waals surface area contributed by atoms with E-state index in [2.05, 4.69) is 4.98 Å². The Morgan fingerprint density at radius 1 is 1.18 bits per heavy atom. The zero-order valence-electron chi connectivity index (χ0n) is 15.6. The molecular formula is C18H22N2O6S2. The number of aromatic nitrogens is 1. The molecule has 3 rings (SSSR count). The molecule has 10 heteroatoms. The number of ether oxygens (including phenoxy) is 2. The molecule has 2 heterocycles. The summed E-state index contributed by atoms with van der Waals surface area (Å²) in [6.45, 7) is 3.55. The van der Waals surface area contributed by atoms with Gasteiger partial charge in [0.15, 0.2) is 9.84 Å². The SMILES string of the molecule is CCS(=O)(=O)CCOc1ccc(S(=O)(=O)N2C[C@H](C)Oc3ncccc32)cc1. The lowest BCUT2D eigenvalue weighted by atomic mass is 10.3. The molecule has 152 valence electrons. The number of fused-ring (bicyclic) bond motifs is 1. The van der Waals surface area contributed by atoms with Crippen molar-refractivity contribution in [1.29, 1.82) is 0 Å². The maximum absolute atomic E-state index is 13.1. The molecule has 0 saturated heterocycles. The standard InChI is InChI=1S/C18H22N2O6S2/c1-3-27(21,22)12-11-25-15-6-8-16(9-7-15)28(23,24)20-13-14(2)26-18-17(20)5-4-10-19-18/h4-10,14H,3,11-13H2,1-2H3/t14-/m0/s1. The minimum Gasteiger partial charge on any atom is -0.493 e. The van der Waals surface area contributed by atoms with Gasteiger partial charge in [0.2, 0.25) is 5.88 Å². The van der Waals surface area contributed by atoms with E-state index in [0.717, 1.165) is 0 Å². The third kappa shape index (κ3) is 4.39. The number of rotatable bonds is 7. The molecule has 0 radical (unpaired) electrons. The van der Waals surface area contributed by atoms with Crippen LogP contribution < -0.4 is 13.8 Å². The Morgan fingerprint density at radius 2 is 1.89 bits per heavy atom. The van der Waals surface area contributed by atoms with Crippen molar-refractivity contribution >= 4 is 25.5 Å². The van der Waals surface area contributed by atoms with Crippen LogP contribution in [-0.2, 0) is 19.9 Å². The molecule has 28 heavy (non-hydrogen) atoms. The van der Waals surface area contributed by atoms with Gasteiger partial charge in [-0.15, -0.1) is 0 Å². The number of nitrogens with zero attached hydrogens (tertiary/aromatic N) is 2. The number of pyridine rings is 1. The second-order valence-corrected chi connectivity index (χ2v) is 10.7. The maximum atomic E-state index is 13.1. The van der Waals surface area contributed by atoms with Crippen molar-refractivity contribution in [2.45, 2.75) is 24.8 Å². The fourth-order valence-corrected chi connectivity index (χ4v) is 4.88. The van der Waals surface area contributed by atoms with E-state index in [1.807, 2.05) is 0 Å². The molecule has 0 fully saturated rings. The zero-order chi connectivity index (χ0) is 20.4. The van der Waals surface area contributed by atoms with Crippen molar-refractivity contribution in [3.05, 3.63) is 42.6 Å². The van der Waals surface area contributed by atoms with Crippen LogP contribution in [0.5, 0.6) is 11.6 Å². The second-order valence-electron chi connectivity index (χ2n) is 6.35. The predicted octanol–water partition coefficient (Wildman–Crippen LogP) is 1.87. The van der Waals surface area contributed by atoms with E-state index >= 15 is 0 Å². The molecule has 1 atom stereocenters. The van der Waals surface area contributed by atoms with Gasteiger partial charge in [-0.25, -0.2) is 21.8 Å². The molecule has 0 saturated carbocycles. The number of sulfonamides is 1. The summed E-state index contributed by atoms with van der Waals surface area (Å²) in [6.07, 6.45) is 1.22.